The second-order valence-corrected chi connectivity index (χ2v) is 8.36. The van der Waals surface area contributed by atoms with E-state index in [-0.39, 0.29) is 5.92 Å². The van der Waals surface area contributed by atoms with Gasteiger partial charge in [0.1, 0.15) is 12.6 Å². The molecule has 1 saturated carbocycles. The molecule has 0 radical (unpaired) electrons. The van der Waals surface area contributed by atoms with E-state index in [4.69, 9.17) is 4.74 Å². The summed E-state index contributed by atoms with van der Waals surface area (Å²) in [6, 6.07) is 9.71. The minimum absolute atomic E-state index is 0.0535. The number of esters is 1. The molecule has 1 heterocycles. The van der Waals surface area contributed by atoms with Crippen molar-refractivity contribution in [3.63, 3.8) is 0 Å². The lowest BCUT2D eigenvalue weighted by Gasteiger charge is -2.37. The second kappa shape index (κ2) is 7.46. The Bertz CT molecular complexity index is 580. The molecule has 138 valence electrons. The zero-order valence-electron chi connectivity index (χ0n) is 15.6. The van der Waals surface area contributed by atoms with Crippen molar-refractivity contribution < 1.29 is 19.1 Å². The van der Waals surface area contributed by atoms with E-state index >= 15 is 0 Å². The molecule has 1 saturated heterocycles. The summed E-state index contributed by atoms with van der Waals surface area (Å²) in [5, 5.41) is 11.5. The van der Waals surface area contributed by atoms with Gasteiger partial charge in [0.15, 0.2) is 5.60 Å². The van der Waals surface area contributed by atoms with Crippen molar-refractivity contribution in [3.8, 4) is 0 Å². The number of nitrogens with zero attached hydrogens (tertiary/aromatic N) is 1. The van der Waals surface area contributed by atoms with Crippen LogP contribution in [0.1, 0.15) is 50.5 Å². The van der Waals surface area contributed by atoms with Crippen LogP contribution < -0.4 is 0 Å². The van der Waals surface area contributed by atoms with Crippen LogP contribution in [0.5, 0.6) is 0 Å². The largest absolute Gasteiger partial charge is 0.457 e. The van der Waals surface area contributed by atoms with Crippen LogP contribution in [0.15, 0.2) is 30.3 Å². The summed E-state index contributed by atoms with van der Waals surface area (Å²) >= 11 is 0. The first-order valence-electron chi connectivity index (χ1n) is 9.72. The molecule has 4 heteroatoms. The topological polar surface area (TPSA) is 46.5 Å². The smallest absolute Gasteiger partial charge is 0.343 e. The molecule has 0 spiro atoms. The third-order valence-electron chi connectivity index (χ3n) is 6.39. The second-order valence-electron chi connectivity index (χ2n) is 8.36. The van der Waals surface area contributed by atoms with Gasteiger partial charge < -0.3 is 14.3 Å². The van der Waals surface area contributed by atoms with Gasteiger partial charge in [-0.1, -0.05) is 49.6 Å². The van der Waals surface area contributed by atoms with Gasteiger partial charge in [-0.2, -0.15) is 0 Å². The van der Waals surface area contributed by atoms with Crippen molar-refractivity contribution in [3.05, 3.63) is 35.9 Å². The lowest BCUT2D eigenvalue weighted by molar-refractivity contribution is -0.902. The van der Waals surface area contributed by atoms with Crippen LogP contribution in [0, 0.1) is 5.92 Å². The Morgan fingerprint density at radius 3 is 2.40 bits per heavy atom. The fraction of sp³-hybridized carbons (Fsp3) is 0.667. The molecule has 0 bridgehead atoms. The van der Waals surface area contributed by atoms with Gasteiger partial charge in [0.2, 0.25) is 0 Å². The molecule has 0 amide bonds. The Labute approximate surface area is 151 Å². The van der Waals surface area contributed by atoms with Crippen LogP contribution in [-0.2, 0) is 15.1 Å². The lowest BCUT2D eigenvalue weighted by Crippen LogP contribution is -2.49. The molecule has 0 unspecified atom stereocenters. The van der Waals surface area contributed by atoms with Crippen LogP contribution in [-0.4, -0.2) is 48.8 Å². The number of hydrogen-bond acceptors (Lipinski definition) is 3. The molecule has 1 aromatic carbocycles. The highest BCUT2D eigenvalue weighted by Crippen LogP contribution is 2.40. The van der Waals surface area contributed by atoms with Gasteiger partial charge in [-0.15, -0.1) is 0 Å². The highest BCUT2D eigenvalue weighted by Gasteiger charge is 2.48. The maximum atomic E-state index is 13.1. The first-order chi connectivity index (χ1) is 11.9. The van der Waals surface area contributed by atoms with Gasteiger partial charge in [-0.25, -0.2) is 4.79 Å². The normalized spacial score (nSPS) is 26.1. The molecule has 1 aliphatic carbocycles. The number of hydrogen-bond donors (Lipinski definition) is 1. The number of benzene rings is 1. The van der Waals surface area contributed by atoms with Crippen molar-refractivity contribution in [2.24, 2.45) is 5.92 Å². The Hall–Kier alpha value is -1.39. The van der Waals surface area contributed by atoms with Gasteiger partial charge >= 0.3 is 5.97 Å². The van der Waals surface area contributed by atoms with Crippen molar-refractivity contribution >= 4 is 5.97 Å². The number of likely N-dealkylation sites (tertiary alicyclic amines) is 1. The number of ether oxygens (including phenoxy) is 1. The first kappa shape index (κ1) is 18.4. The van der Waals surface area contributed by atoms with Gasteiger partial charge in [0.05, 0.1) is 20.6 Å². The molecule has 25 heavy (non-hydrogen) atoms. The summed E-state index contributed by atoms with van der Waals surface area (Å²) in [5.74, 6) is -0.514. The van der Waals surface area contributed by atoms with Crippen LogP contribution in [0.2, 0.25) is 0 Å². The van der Waals surface area contributed by atoms with E-state index in [1.165, 1.54) is 12.8 Å². The predicted octanol–water partition coefficient (Wildman–Crippen LogP) is 3.24. The molecule has 2 atom stereocenters. The molecule has 0 aromatic heterocycles. The zero-order chi connectivity index (χ0) is 17.9. The molecule has 1 aromatic rings. The molecule has 4 nitrogen and oxygen atoms in total. The highest BCUT2D eigenvalue weighted by molar-refractivity contribution is 5.81. The molecular weight excluding hydrogens is 314 g/mol. The van der Waals surface area contributed by atoms with Crippen LogP contribution in [0.4, 0.5) is 0 Å². The molecule has 1 N–H and O–H groups in total. The van der Waals surface area contributed by atoms with Gasteiger partial charge in [0, 0.05) is 18.8 Å². The Morgan fingerprint density at radius 1 is 1.12 bits per heavy atom. The average molecular weight is 346 g/mol. The van der Waals surface area contributed by atoms with E-state index in [2.05, 4.69) is 14.1 Å². The Balaban J connectivity index is 1.78. The van der Waals surface area contributed by atoms with E-state index in [9.17, 15) is 9.90 Å². The van der Waals surface area contributed by atoms with Crippen LogP contribution in [0.25, 0.3) is 0 Å². The number of carbonyl (C=O) groups excluding carboxylic acids is 1. The molecule has 2 fully saturated rings. The van der Waals surface area contributed by atoms with E-state index < -0.39 is 11.6 Å². The highest BCUT2D eigenvalue weighted by atomic mass is 16.6. The standard InChI is InChI=1S/C21H32NO3/c1-22(2)15-9-14-19(22)16-25-20(23)21(24,17-10-5-3-6-11-17)18-12-7-4-8-13-18/h3,5-6,10-11,18-19,24H,4,7-9,12-16H2,1-2H3/q+1/t19-,21+/m0/s1. The summed E-state index contributed by atoms with van der Waals surface area (Å²) in [7, 11) is 4.38. The third kappa shape index (κ3) is 3.75. The summed E-state index contributed by atoms with van der Waals surface area (Å²) in [6.45, 7) is 1.52. The SMILES string of the molecule is C[N+]1(C)CCC[C@H]1COC(=O)[C@@](O)(c1ccccc1)C1CCCCC1. The summed E-state index contributed by atoms with van der Waals surface area (Å²) in [5.41, 5.74) is -0.843. The number of likely N-dealkylation sites (N-methyl/N-ethyl adjacent to an activating group) is 1. The van der Waals surface area contributed by atoms with E-state index in [0.717, 1.165) is 43.1 Å². The fourth-order valence-electron chi connectivity index (χ4n) is 4.57. The van der Waals surface area contributed by atoms with Crippen molar-refractivity contribution in [1.82, 2.24) is 0 Å². The summed E-state index contributed by atoms with van der Waals surface area (Å²) < 4.78 is 6.62. The molecule has 1 aliphatic heterocycles. The van der Waals surface area contributed by atoms with Gasteiger partial charge in [0.25, 0.3) is 0 Å². The van der Waals surface area contributed by atoms with Crippen LogP contribution >= 0.6 is 0 Å². The van der Waals surface area contributed by atoms with E-state index in [1.807, 2.05) is 30.3 Å². The third-order valence-corrected chi connectivity index (χ3v) is 6.39. The monoisotopic (exact) mass is 346 g/mol. The Morgan fingerprint density at radius 2 is 1.80 bits per heavy atom. The number of quaternary nitrogens is 1. The van der Waals surface area contributed by atoms with E-state index in [0.29, 0.717) is 18.2 Å². The quantitative estimate of drug-likeness (QED) is 0.658. The van der Waals surface area contributed by atoms with Crippen molar-refractivity contribution in [1.29, 1.82) is 0 Å². The predicted molar refractivity (Wildman–Crippen MR) is 97.9 cm³/mol. The first-order valence-corrected chi connectivity index (χ1v) is 9.72. The minimum Gasteiger partial charge on any atom is -0.457 e. The molecule has 3 rings (SSSR count). The lowest BCUT2D eigenvalue weighted by atomic mass is 9.73. The Kier molecular flexibility index (Phi) is 5.49. The van der Waals surface area contributed by atoms with E-state index in [1.54, 1.807) is 0 Å². The average Bonchev–Trinajstić information content (AvgIpc) is 2.98. The molecule has 2 aliphatic rings. The number of aliphatic hydroxyl groups is 1. The van der Waals surface area contributed by atoms with Crippen molar-refractivity contribution in [2.75, 3.05) is 27.2 Å². The fourth-order valence-corrected chi connectivity index (χ4v) is 4.57. The maximum absolute atomic E-state index is 13.1. The molecular formula is C21H32NO3+. The van der Waals surface area contributed by atoms with Gasteiger partial charge in [-0.05, 0) is 18.4 Å². The van der Waals surface area contributed by atoms with Crippen molar-refractivity contribution in [2.45, 2.75) is 56.6 Å². The number of rotatable bonds is 5. The van der Waals surface area contributed by atoms with Gasteiger partial charge in [-0.3, -0.25) is 0 Å². The van der Waals surface area contributed by atoms with Crippen LogP contribution in [0.3, 0.4) is 0 Å². The number of carbonyl (C=O) groups is 1. The summed E-state index contributed by atoms with van der Waals surface area (Å²) in [6.07, 6.45) is 7.33. The minimum atomic E-state index is -1.52. The maximum Gasteiger partial charge on any atom is 0.343 e. The summed E-state index contributed by atoms with van der Waals surface area (Å²) in [4.78, 5) is 13.1. The zero-order valence-corrected chi connectivity index (χ0v) is 15.6.